The highest BCUT2D eigenvalue weighted by Gasteiger charge is 2.17. The number of urea groups is 1. The van der Waals surface area contributed by atoms with Crippen LogP contribution in [0.15, 0.2) is 71.9 Å². The Morgan fingerprint density at radius 2 is 1.84 bits per heavy atom. The number of amides is 2. The number of nitro groups is 1. The summed E-state index contributed by atoms with van der Waals surface area (Å²) in [5.41, 5.74) is 4.57. The molecule has 37 heavy (non-hydrogen) atoms. The maximum Gasteiger partial charge on any atom is 0.319 e. The molecule has 0 atom stereocenters. The zero-order valence-corrected chi connectivity index (χ0v) is 21.4. The Balaban J connectivity index is 1.54. The smallest absolute Gasteiger partial charge is 0.319 e. The molecule has 2 amide bonds. The van der Waals surface area contributed by atoms with Crippen molar-refractivity contribution in [3.63, 3.8) is 0 Å². The van der Waals surface area contributed by atoms with E-state index < -0.39 is 4.92 Å². The molecule has 4 aromatic rings. The van der Waals surface area contributed by atoms with Crippen molar-refractivity contribution in [2.45, 2.75) is 31.3 Å². The third kappa shape index (κ3) is 6.44. The largest absolute Gasteiger partial charge is 0.497 e. The average Bonchev–Trinajstić information content (AvgIpc) is 3.31. The van der Waals surface area contributed by atoms with Gasteiger partial charge in [-0.25, -0.2) is 4.79 Å². The van der Waals surface area contributed by atoms with Gasteiger partial charge < -0.3 is 15.4 Å². The van der Waals surface area contributed by atoms with Crippen molar-refractivity contribution in [3.05, 3.63) is 99.4 Å². The molecule has 0 aliphatic heterocycles. The van der Waals surface area contributed by atoms with Crippen LogP contribution in [-0.4, -0.2) is 32.8 Å². The molecule has 0 spiro atoms. The molecule has 0 radical (unpaired) electrons. The number of carbonyl (C=O) groups excluding carboxylic acids is 1. The average molecular weight is 519 g/mol. The van der Waals surface area contributed by atoms with Crippen LogP contribution in [0.3, 0.4) is 0 Å². The first kappa shape index (κ1) is 25.7. The minimum atomic E-state index is -0.450. The monoisotopic (exact) mass is 518 g/mol. The van der Waals surface area contributed by atoms with Gasteiger partial charge in [0.15, 0.2) is 11.0 Å². The topological polar surface area (TPSA) is 124 Å². The molecule has 11 heteroatoms. The maximum absolute atomic E-state index is 12.6. The Kier molecular flexibility index (Phi) is 8.04. The second kappa shape index (κ2) is 11.6. The predicted octanol–water partition coefficient (Wildman–Crippen LogP) is 5.41. The normalized spacial score (nSPS) is 10.7. The summed E-state index contributed by atoms with van der Waals surface area (Å²) < 4.78 is 7.08. The van der Waals surface area contributed by atoms with Gasteiger partial charge in [0, 0.05) is 29.3 Å². The third-order valence-corrected chi connectivity index (χ3v) is 6.69. The van der Waals surface area contributed by atoms with Gasteiger partial charge in [-0.1, -0.05) is 30.0 Å². The van der Waals surface area contributed by atoms with Crippen LogP contribution in [0.25, 0.3) is 5.69 Å². The van der Waals surface area contributed by atoms with Crippen LogP contribution in [0.1, 0.15) is 22.5 Å². The first-order valence-corrected chi connectivity index (χ1v) is 12.4. The summed E-state index contributed by atoms with van der Waals surface area (Å²) in [6.45, 7) is 4.09. The summed E-state index contributed by atoms with van der Waals surface area (Å²) in [6, 6.07) is 19.2. The lowest BCUT2D eigenvalue weighted by Gasteiger charge is -2.12. The first-order chi connectivity index (χ1) is 17.8. The van der Waals surface area contributed by atoms with Gasteiger partial charge in [0.2, 0.25) is 0 Å². The van der Waals surface area contributed by atoms with Gasteiger partial charge in [0.1, 0.15) is 5.75 Å². The number of aryl methyl sites for hydroxylation is 2. The number of rotatable bonds is 9. The Morgan fingerprint density at radius 3 is 2.54 bits per heavy atom. The van der Waals surface area contributed by atoms with E-state index in [0.29, 0.717) is 28.1 Å². The summed E-state index contributed by atoms with van der Waals surface area (Å²) in [5, 5.41) is 26.0. The van der Waals surface area contributed by atoms with Gasteiger partial charge in [0.25, 0.3) is 5.69 Å². The maximum atomic E-state index is 12.6. The van der Waals surface area contributed by atoms with Gasteiger partial charge in [-0.2, -0.15) is 0 Å². The number of nitrogens with zero attached hydrogens (tertiary/aromatic N) is 4. The third-order valence-electron chi connectivity index (χ3n) is 5.69. The molecule has 10 nitrogen and oxygen atoms in total. The fourth-order valence-corrected chi connectivity index (χ4v) is 4.47. The highest BCUT2D eigenvalue weighted by atomic mass is 32.2. The molecule has 0 saturated heterocycles. The highest BCUT2D eigenvalue weighted by Crippen LogP contribution is 2.27. The van der Waals surface area contributed by atoms with E-state index >= 15 is 0 Å². The Hall–Kier alpha value is -4.38. The van der Waals surface area contributed by atoms with E-state index in [1.807, 2.05) is 56.3 Å². The van der Waals surface area contributed by atoms with Gasteiger partial charge in [-0.05, 0) is 66.9 Å². The minimum Gasteiger partial charge on any atom is -0.497 e. The molecule has 2 N–H and O–H groups in total. The lowest BCUT2D eigenvalue weighted by atomic mass is 10.1. The number of carbonyl (C=O) groups is 1. The molecule has 0 unspecified atom stereocenters. The number of hydrogen-bond donors (Lipinski definition) is 2. The van der Waals surface area contributed by atoms with Crippen molar-refractivity contribution in [1.82, 2.24) is 20.1 Å². The Bertz CT molecular complexity index is 1420. The number of aromatic nitrogens is 3. The number of nitrogens with one attached hydrogen (secondary N) is 2. The highest BCUT2D eigenvalue weighted by molar-refractivity contribution is 7.98. The molecule has 3 aromatic carbocycles. The van der Waals surface area contributed by atoms with Crippen molar-refractivity contribution in [1.29, 1.82) is 0 Å². The van der Waals surface area contributed by atoms with Gasteiger partial charge in [-0.3, -0.25) is 14.7 Å². The number of thioether (sulfide) groups is 1. The Labute approximate surface area is 218 Å². The van der Waals surface area contributed by atoms with E-state index in [9.17, 15) is 14.9 Å². The summed E-state index contributed by atoms with van der Waals surface area (Å²) in [7, 11) is 1.62. The summed E-state index contributed by atoms with van der Waals surface area (Å²) in [6.07, 6.45) is 0. The van der Waals surface area contributed by atoms with Crippen LogP contribution in [0, 0.1) is 24.0 Å². The molecule has 0 saturated carbocycles. The predicted molar refractivity (Wildman–Crippen MR) is 142 cm³/mol. The molecule has 1 aromatic heterocycles. The summed E-state index contributed by atoms with van der Waals surface area (Å²) in [4.78, 5) is 23.2. The van der Waals surface area contributed by atoms with E-state index in [2.05, 4.69) is 20.8 Å². The molecule has 0 fully saturated rings. The number of non-ortho nitro benzene ring substituents is 1. The van der Waals surface area contributed by atoms with Crippen LogP contribution >= 0.6 is 11.8 Å². The van der Waals surface area contributed by atoms with E-state index in [1.54, 1.807) is 23.8 Å². The van der Waals surface area contributed by atoms with Gasteiger partial charge >= 0.3 is 6.03 Å². The molecule has 190 valence electrons. The lowest BCUT2D eigenvalue weighted by molar-refractivity contribution is -0.384. The fourth-order valence-electron chi connectivity index (χ4n) is 3.55. The second-order valence-corrected chi connectivity index (χ2v) is 9.20. The van der Waals surface area contributed by atoms with Crippen LogP contribution in [0.5, 0.6) is 5.75 Å². The van der Waals surface area contributed by atoms with Crippen LogP contribution in [0.2, 0.25) is 0 Å². The van der Waals surface area contributed by atoms with E-state index in [0.717, 1.165) is 22.4 Å². The van der Waals surface area contributed by atoms with Crippen LogP contribution < -0.4 is 15.4 Å². The summed E-state index contributed by atoms with van der Waals surface area (Å²) >= 11 is 1.46. The number of nitro benzene ring substituents is 1. The van der Waals surface area contributed by atoms with E-state index in [-0.39, 0.29) is 18.3 Å². The van der Waals surface area contributed by atoms with Crippen LogP contribution in [0.4, 0.5) is 16.2 Å². The SMILES string of the molecule is COc1cccc(CSc2nnc(CNC(=O)Nc3ccc(C)c(C)c3)n2-c2ccc([N+](=O)[O-])cc2)c1. The molecular weight excluding hydrogens is 492 g/mol. The number of ether oxygens (including phenoxy) is 1. The number of benzene rings is 3. The molecule has 4 rings (SSSR count). The van der Waals surface area contributed by atoms with Crippen molar-refractivity contribution in [3.8, 4) is 11.4 Å². The first-order valence-electron chi connectivity index (χ1n) is 11.4. The quantitative estimate of drug-likeness (QED) is 0.172. The summed E-state index contributed by atoms with van der Waals surface area (Å²) in [5.74, 6) is 1.84. The Morgan fingerprint density at radius 1 is 1.05 bits per heavy atom. The van der Waals surface area contributed by atoms with E-state index in [1.165, 1.54) is 23.9 Å². The van der Waals surface area contributed by atoms with Crippen molar-refractivity contribution in [2.24, 2.45) is 0 Å². The number of methoxy groups -OCH3 is 1. The molecular formula is C26H26N6O4S. The van der Waals surface area contributed by atoms with Gasteiger partial charge in [0.05, 0.1) is 18.6 Å². The zero-order chi connectivity index (χ0) is 26.4. The number of hydrogen-bond acceptors (Lipinski definition) is 7. The standard InChI is InChI=1S/C26H26N6O4S/c1-17-7-8-20(13-18(17)2)28-25(33)27-15-24-29-30-26(37-16-19-5-4-6-23(14-19)36-3)31(24)21-9-11-22(12-10-21)32(34)35/h4-14H,15-16H2,1-3H3,(H2,27,28,33). The molecule has 1 heterocycles. The number of anilines is 1. The van der Waals surface area contributed by atoms with E-state index in [4.69, 9.17) is 4.74 Å². The van der Waals surface area contributed by atoms with Crippen molar-refractivity contribution in [2.75, 3.05) is 12.4 Å². The zero-order valence-electron chi connectivity index (χ0n) is 20.6. The van der Waals surface area contributed by atoms with Crippen molar-refractivity contribution < 1.29 is 14.5 Å². The van der Waals surface area contributed by atoms with Crippen LogP contribution in [-0.2, 0) is 12.3 Å². The minimum absolute atomic E-state index is 0.0187. The molecule has 0 aliphatic carbocycles. The second-order valence-electron chi connectivity index (χ2n) is 8.25. The fraction of sp³-hybridized carbons (Fsp3) is 0.192. The molecule has 0 aliphatic rings. The van der Waals surface area contributed by atoms with Crippen molar-refractivity contribution >= 4 is 29.2 Å². The molecule has 0 bridgehead atoms. The lowest BCUT2D eigenvalue weighted by Crippen LogP contribution is -2.29. The van der Waals surface area contributed by atoms with Gasteiger partial charge in [-0.15, -0.1) is 10.2 Å².